The second-order valence-electron chi connectivity index (χ2n) is 7.46. The van der Waals surface area contributed by atoms with Crippen LogP contribution in [0.1, 0.15) is 35.4 Å². The van der Waals surface area contributed by atoms with E-state index in [0.29, 0.717) is 35.7 Å². The molecule has 1 aliphatic rings. The highest BCUT2D eigenvalue weighted by Gasteiger charge is 2.34. The molecule has 0 aliphatic carbocycles. The number of likely N-dealkylation sites (tertiary alicyclic amines) is 1. The second kappa shape index (κ2) is 8.90. The van der Waals surface area contributed by atoms with E-state index in [-0.39, 0.29) is 18.4 Å². The number of carbonyl (C=O) groups is 2. The Morgan fingerprint density at radius 3 is 2.67 bits per heavy atom. The van der Waals surface area contributed by atoms with Gasteiger partial charge < -0.3 is 14.3 Å². The van der Waals surface area contributed by atoms with Crippen molar-refractivity contribution in [1.82, 2.24) is 19.9 Å². The molecule has 30 heavy (non-hydrogen) atoms. The lowest BCUT2D eigenvalue weighted by atomic mass is 9.99. The Morgan fingerprint density at radius 2 is 1.90 bits per heavy atom. The Kier molecular flexibility index (Phi) is 5.88. The first-order valence-corrected chi connectivity index (χ1v) is 10.1. The Morgan fingerprint density at radius 1 is 1.10 bits per heavy atom. The lowest BCUT2D eigenvalue weighted by Gasteiger charge is -2.36. The largest absolute Gasteiger partial charge is 0.359 e. The third kappa shape index (κ3) is 4.25. The van der Waals surface area contributed by atoms with Crippen molar-refractivity contribution in [1.29, 1.82) is 0 Å². The topological polar surface area (TPSA) is 79.5 Å². The van der Waals surface area contributed by atoms with Gasteiger partial charge in [0.1, 0.15) is 11.7 Å². The highest BCUT2D eigenvalue weighted by molar-refractivity contribution is 5.97. The van der Waals surface area contributed by atoms with Crippen LogP contribution < -0.4 is 0 Å². The molecule has 1 atom stereocenters. The molecule has 0 saturated carbocycles. The summed E-state index contributed by atoms with van der Waals surface area (Å²) >= 11 is 0. The van der Waals surface area contributed by atoms with Gasteiger partial charge in [0.05, 0.1) is 12.2 Å². The molecular formula is C23H24N4O3. The number of piperidine rings is 1. The highest BCUT2D eigenvalue weighted by Crippen LogP contribution is 2.23. The molecule has 1 aromatic carbocycles. The summed E-state index contributed by atoms with van der Waals surface area (Å²) in [7, 11) is 1.73. The van der Waals surface area contributed by atoms with E-state index in [1.807, 2.05) is 36.4 Å². The average Bonchev–Trinajstić information content (AvgIpc) is 3.27. The minimum Gasteiger partial charge on any atom is -0.359 e. The van der Waals surface area contributed by atoms with Gasteiger partial charge in [-0.2, -0.15) is 0 Å². The van der Waals surface area contributed by atoms with Crippen molar-refractivity contribution in [2.45, 2.75) is 31.8 Å². The SMILES string of the molecule is CN(Cc1cc(-c2ccccn2)no1)C(=O)C1CCCCN1C(=O)c1ccccc1. The van der Waals surface area contributed by atoms with Crippen LogP contribution in [-0.2, 0) is 11.3 Å². The predicted octanol–water partition coefficient (Wildman–Crippen LogP) is 3.39. The number of nitrogens with zero attached hydrogens (tertiary/aromatic N) is 4. The zero-order chi connectivity index (χ0) is 20.9. The molecule has 0 bridgehead atoms. The van der Waals surface area contributed by atoms with Crippen LogP contribution in [0.25, 0.3) is 11.4 Å². The molecule has 3 heterocycles. The number of hydrogen-bond acceptors (Lipinski definition) is 5. The van der Waals surface area contributed by atoms with Gasteiger partial charge in [0, 0.05) is 31.4 Å². The minimum absolute atomic E-state index is 0.0882. The normalized spacial score (nSPS) is 16.3. The molecule has 4 rings (SSSR count). The summed E-state index contributed by atoms with van der Waals surface area (Å²) in [6, 6.07) is 16.0. The van der Waals surface area contributed by atoms with Crippen molar-refractivity contribution >= 4 is 11.8 Å². The Hall–Kier alpha value is -3.48. The number of aromatic nitrogens is 2. The number of amides is 2. The molecule has 0 N–H and O–H groups in total. The van der Waals surface area contributed by atoms with Crippen LogP contribution in [0.2, 0.25) is 0 Å². The van der Waals surface area contributed by atoms with Crippen LogP contribution in [0.4, 0.5) is 0 Å². The van der Waals surface area contributed by atoms with Crippen LogP contribution in [-0.4, -0.2) is 51.4 Å². The summed E-state index contributed by atoms with van der Waals surface area (Å²) in [4.78, 5) is 33.7. The summed E-state index contributed by atoms with van der Waals surface area (Å²) in [5.74, 6) is 0.386. The van der Waals surface area contributed by atoms with Crippen LogP contribution >= 0.6 is 0 Å². The molecular weight excluding hydrogens is 380 g/mol. The van der Waals surface area contributed by atoms with Crippen LogP contribution in [0.15, 0.2) is 65.3 Å². The first kappa shape index (κ1) is 19.8. The first-order chi connectivity index (χ1) is 14.6. The fourth-order valence-electron chi connectivity index (χ4n) is 3.77. The van der Waals surface area contributed by atoms with E-state index in [0.717, 1.165) is 12.8 Å². The van der Waals surface area contributed by atoms with Crippen LogP contribution in [0.3, 0.4) is 0 Å². The Labute approximate surface area is 175 Å². The van der Waals surface area contributed by atoms with Gasteiger partial charge in [-0.3, -0.25) is 14.6 Å². The van der Waals surface area contributed by atoms with Crippen LogP contribution in [0, 0.1) is 0 Å². The van der Waals surface area contributed by atoms with Gasteiger partial charge in [-0.25, -0.2) is 0 Å². The van der Waals surface area contributed by atoms with Gasteiger partial charge >= 0.3 is 0 Å². The molecule has 1 saturated heterocycles. The molecule has 3 aromatic rings. The first-order valence-electron chi connectivity index (χ1n) is 10.1. The number of rotatable bonds is 5. The van der Waals surface area contributed by atoms with Crippen molar-refractivity contribution in [3.63, 3.8) is 0 Å². The fraction of sp³-hybridized carbons (Fsp3) is 0.304. The number of carbonyl (C=O) groups excluding carboxylic acids is 2. The molecule has 7 nitrogen and oxygen atoms in total. The van der Waals surface area contributed by atoms with Crippen LogP contribution in [0.5, 0.6) is 0 Å². The Balaban J connectivity index is 1.46. The summed E-state index contributed by atoms with van der Waals surface area (Å²) < 4.78 is 5.41. The third-order valence-electron chi connectivity index (χ3n) is 5.32. The molecule has 0 radical (unpaired) electrons. The summed E-state index contributed by atoms with van der Waals surface area (Å²) in [6.07, 6.45) is 4.19. The van der Waals surface area contributed by atoms with Gasteiger partial charge in [0.15, 0.2) is 5.76 Å². The molecule has 1 aliphatic heterocycles. The van der Waals surface area contributed by atoms with Crippen molar-refractivity contribution in [2.24, 2.45) is 0 Å². The summed E-state index contributed by atoms with van der Waals surface area (Å²) in [5.41, 5.74) is 1.95. The van der Waals surface area contributed by atoms with Gasteiger partial charge in [-0.15, -0.1) is 0 Å². The van der Waals surface area contributed by atoms with Crippen molar-refractivity contribution in [2.75, 3.05) is 13.6 Å². The van der Waals surface area contributed by atoms with E-state index in [9.17, 15) is 9.59 Å². The quantitative estimate of drug-likeness (QED) is 0.651. The molecule has 1 fully saturated rings. The van der Waals surface area contributed by atoms with E-state index in [4.69, 9.17) is 4.52 Å². The number of likely N-dealkylation sites (N-methyl/N-ethyl adjacent to an activating group) is 1. The van der Waals surface area contributed by atoms with E-state index < -0.39 is 6.04 Å². The van der Waals surface area contributed by atoms with E-state index in [1.165, 1.54) is 0 Å². The maximum Gasteiger partial charge on any atom is 0.254 e. The van der Waals surface area contributed by atoms with E-state index in [1.54, 1.807) is 41.2 Å². The van der Waals surface area contributed by atoms with Gasteiger partial charge in [-0.05, 0) is 43.5 Å². The highest BCUT2D eigenvalue weighted by atomic mass is 16.5. The van der Waals surface area contributed by atoms with Gasteiger partial charge in [-0.1, -0.05) is 29.4 Å². The zero-order valence-corrected chi connectivity index (χ0v) is 16.9. The minimum atomic E-state index is -0.463. The smallest absolute Gasteiger partial charge is 0.254 e. The lowest BCUT2D eigenvalue weighted by molar-refractivity contribution is -0.136. The molecule has 0 spiro atoms. The Bertz CT molecular complexity index is 1000. The molecule has 2 aromatic heterocycles. The molecule has 7 heteroatoms. The molecule has 1 unspecified atom stereocenters. The molecule has 154 valence electrons. The van der Waals surface area contributed by atoms with Gasteiger partial charge in [0.25, 0.3) is 5.91 Å². The summed E-state index contributed by atoms with van der Waals surface area (Å²) in [5, 5.41) is 4.05. The lowest BCUT2D eigenvalue weighted by Crippen LogP contribution is -2.52. The van der Waals surface area contributed by atoms with Crippen molar-refractivity contribution < 1.29 is 14.1 Å². The number of pyridine rings is 1. The second-order valence-corrected chi connectivity index (χ2v) is 7.46. The van der Waals surface area contributed by atoms with E-state index >= 15 is 0 Å². The number of benzene rings is 1. The average molecular weight is 404 g/mol. The zero-order valence-electron chi connectivity index (χ0n) is 16.9. The van der Waals surface area contributed by atoms with Crippen molar-refractivity contribution in [3.05, 3.63) is 72.1 Å². The fourth-order valence-corrected chi connectivity index (χ4v) is 3.77. The predicted molar refractivity (Wildman–Crippen MR) is 111 cm³/mol. The molecule has 2 amide bonds. The van der Waals surface area contributed by atoms with Gasteiger partial charge in [0.2, 0.25) is 5.91 Å². The van der Waals surface area contributed by atoms with Crippen molar-refractivity contribution in [3.8, 4) is 11.4 Å². The maximum atomic E-state index is 13.2. The van der Waals surface area contributed by atoms with E-state index in [2.05, 4.69) is 10.1 Å². The standard InChI is InChI=1S/C23H24N4O3/c1-26(16-18-15-20(25-30-18)19-11-5-7-13-24-19)23(29)21-12-6-8-14-27(21)22(28)17-9-3-2-4-10-17/h2-5,7,9-11,13,15,21H,6,8,12,14,16H2,1H3. The number of hydrogen-bond donors (Lipinski definition) is 0. The maximum absolute atomic E-state index is 13.2. The third-order valence-corrected chi connectivity index (χ3v) is 5.32. The monoisotopic (exact) mass is 404 g/mol. The summed E-state index contributed by atoms with van der Waals surface area (Å²) in [6.45, 7) is 0.868.